The van der Waals surface area contributed by atoms with E-state index in [9.17, 15) is 13.2 Å². The van der Waals surface area contributed by atoms with Crippen molar-refractivity contribution in [2.75, 3.05) is 0 Å². The van der Waals surface area contributed by atoms with E-state index in [1.807, 2.05) is 41.5 Å². The second-order valence-corrected chi connectivity index (χ2v) is 7.55. The Labute approximate surface area is 219 Å². The number of pyridine rings is 1. The number of aromatic amines is 1. The minimum atomic E-state index is -4.43. The van der Waals surface area contributed by atoms with E-state index in [1.165, 1.54) is 37.7 Å². The molecule has 3 aromatic rings. The summed E-state index contributed by atoms with van der Waals surface area (Å²) in [6, 6.07) is 12.0. The van der Waals surface area contributed by atoms with E-state index in [0.29, 0.717) is 11.5 Å². The summed E-state index contributed by atoms with van der Waals surface area (Å²) in [5.41, 5.74) is 2.83. The SMILES string of the molecule is CC.CC.CC.CC(=O)O.FC(F)(F)c1cnc(-c2ccc(-c3ccc(C4CCCCC4)cc3)nc2)[nH]1. The summed E-state index contributed by atoms with van der Waals surface area (Å²) in [7, 11) is 0. The van der Waals surface area contributed by atoms with Crippen molar-refractivity contribution < 1.29 is 23.1 Å². The van der Waals surface area contributed by atoms with Gasteiger partial charge in [0.05, 0.1) is 11.9 Å². The Hall–Kier alpha value is -3.16. The molecule has 2 heterocycles. The minimum Gasteiger partial charge on any atom is -0.481 e. The summed E-state index contributed by atoms with van der Waals surface area (Å²) in [5, 5.41) is 7.42. The number of aromatic nitrogens is 3. The van der Waals surface area contributed by atoms with Crippen molar-refractivity contribution in [2.45, 2.75) is 92.7 Å². The third kappa shape index (κ3) is 11.6. The number of carboxylic acid groups (broad SMARTS) is 1. The molecule has 4 rings (SSSR count). The van der Waals surface area contributed by atoms with Crippen LogP contribution in [0.25, 0.3) is 22.6 Å². The summed E-state index contributed by atoms with van der Waals surface area (Å²) in [5.74, 6) is -0.0149. The molecule has 5 nitrogen and oxygen atoms in total. The van der Waals surface area contributed by atoms with Crippen molar-refractivity contribution >= 4 is 5.97 Å². The number of carboxylic acids is 1. The van der Waals surface area contributed by atoms with Gasteiger partial charge in [-0.05, 0) is 36.5 Å². The molecule has 206 valence electrons. The second-order valence-electron chi connectivity index (χ2n) is 7.55. The lowest BCUT2D eigenvalue weighted by atomic mass is 9.84. The molecule has 37 heavy (non-hydrogen) atoms. The highest BCUT2D eigenvalue weighted by Gasteiger charge is 2.33. The maximum Gasteiger partial charge on any atom is 0.432 e. The van der Waals surface area contributed by atoms with Gasteiger partial charge in [-0.15, -0.1) is 0 Å². The van der Waals surface area contributed by atoms with Gasteiger partial charge in [-0.3, -0.25) is 9.78 Å². The number of H-pyrrole nitrogens is 1. The molecular formula is C29H42F3N3O2. The fraction of sp³-hybridized carbons (Fsp3) is 0.483. The van der Waals surface area contributed by atoms with Gasteiger partial charge in [-0.2, -0.15) is 13.2 Å². The Kier molecular flexibility index (Phi) is 16.6. The first-order valence-electron chi connectivity index (χ1n) is 13.1. The number of nitrogens with one attached hydrogen (secondary N) is 1. The number of imidazole rings is 1. The summed E-state index contributed by atoms with van der Waals surface area (Å²) >= 11 is 0. The maximum atomic E-state index is 12.7. The van der Waals surface area contributed by atoms with E-state index < -0.39 is 17.8 Å². The second kappa shape index (κ2) is 18.1. The Bertz CT molecular complexity index is 988. The molecule has 1 aromatic carbocycles. The highest BCUT2D eigenvalue weighted by Crippen LogP contribution is 2.34. The van der Waals surface area contributed by atoms with Crippen LogP contribution in [-0.2, 0) is 11.0 Å². The smallest absolute Gasteiger partial charge is 0.432 e. The van der Waals surface area contributed by atoms with Crippen LogP contribution in [0.5, 0.6) is 0 Å². The summed E-state index contributed by atoms with van der Waals surface area (Å²) < 4.78 is 38.0. The molecule has 0 saturated heterocycles. The molecule has 0 radical (unpaired) electrons. The zero-order valence-corrected chi connectivity index (χ0v) is 23.1. The number of alkyl halides is 3. The van der Waals surface area contributed by atoms with E-state index in [2.05, 4.69) is 39.2 Å². The van der Waals surface area contributed by atoms with Crippen molar-refractivity contribution in [3.05, 3.63) is 60.0 Å². The number of carbonyl (C=O) groups is 1. The van der Waals surface area contributed by atoms with Gasteiger partial charge in [0.15, 0.2) is 0 Å². The van der Waals surface area contributed by atoms with Crippen LogP contribution in [0, 0.1) is 0 Å². The predicted molar refractivity (Wildman–Crippen MR) is 145 cm³/mol. The Balaban J connectivity index is 0.00000114. The van der Waals surface area contributed by atoms with Crippen molar-refractivity contribution in [1.82, 2.24) is 15.0 Å². The Morgan fingerprint density at radius 3 is 1.78 bits per heavy atom. The lowest BCUT2D eigenvalue weighted by Crippen LogP contribution is -2.04. The van der Waals surface area contributed by atoms with Crippen LogP contribution < -0.4 is 0 Å². The Morgan fingerprint density at radius 1 is 0.838 bits per heavy atom. The van der Waals surface area contributed by atoms with Gasteiger partial charge in [0, 0.05) is 24.2 Å². The number of halogens is 3. The fourth-order valence-corrected chi connectivity index (χ4v) is 3.68. The van der Waals surface area contributed by atoms with Crippen LogP contribution in [0.15, 0.2) is 48.8 Å². The monoisotopic (exact) mass is 521 g/mol. The molecule has 0 unspecified atom stereocenters. The lowest BCUT2D eigenvalue weighted by Gasteiger charge is -2.22. The topological polar surface area (TPSA) is 78.9 Å². The van der Waals surface area contributed by atoms with Gasteiger partial charge >= 0.3 is 6.18 Å². The molecule has 0 bridgehead atoms. The third-order valence-electron chi connectivity index (χ3n) is 5.20. The van der Waals surface area contributed by atoms with E-state index in [-0.39, 0.29) is 5.82 Å². The van der Waals surface area contributed by atoms with E-state index in [1.54, 1.807) is 18.3 Å². The average Bonchev–Trinajstić information content (AvgIpc) is 3.44. The number of hydrogen-bond donors (Lipinski definition) is 2. The highest BCUT2D eigenvalue weighted by atomic mass is 19.4. The molecule has 8 heteroatoms. The van der Waals surface area contributed by atoms with Gasteiger partial charge in [-0.1, -0.05) is 85.1 Å². The van der Waals surface area contributed by atoms with Crippen LogP contribution in [0.2, 0.25) is 0 Å². The van der Waals surface area contributed by atoms with E-state index >= 15 is 0 Å². The highest BCUT2D eigenvalue weighted by molar-refractivity contribution is 5.64. The first-order chi connectivity index (χ1) is 17.7. The third-order valence-corrected chi connectivity index (χ3v) is 5.20. The van der Waals surface area contributed by atoms with E-state index in [0.717, 1.165) is 24.4 Å². The normalized spacial score (nSPS) is 12.7. The molecule has 0 aliphatic heterocycles. The zero-order chi connectivity index (χ0) is 28.4. The number of aliphatic carboxylic acids is 1. The molecule has 1 aliphatic carbocycles. The number of nitrogens with zero attached hydrogens (tertiary/aromatic N) is 2. The average molecular weight is 522 g/mol. The number of rotatable bonds is 3. The maximum absolute atomic E-state index is 12.7. The summed E-state index contributed by atoms with van der Waals surface area (Å²) in [6.07, 6.45) is 4.38. The molecule has 0 amide bonds. The van der Waals surface area contributed by atoms with Crippen LogP contribution in [0.1, 0.15) is 97.7 Å². The lowest BCUT2D eigenvalue weighted by molar-refractivity contribution is -0.141. The van der Waals surface area contributed by atoms with Crippen LogP contribution >= 0.6 is 0 Å². The molecule has 2 aromatic heterocycles. The molecule has 0 atom stereocenters. The number of benzene rings is 1. The standard InChI is InChI=1S/C21H20F3N3.C2H4O2.3C2H6/c22-21(23,24)19-13-26-20(27-19)17-10-11-18(25-12-17)16-8-6-15(7-9-16)14-4-2-1-3-5-14;1-2(3)4;3*1-2/h6-14H,1-5H2,(H,26,27);1H3,(H,3,4);3*1-2H3. The first-order valence-corrected chi connectivity index (χ1v) is 13.1. The first kappa shape index (κ1) is 33.8. The zero-order valence-electron chi connectivity index (χ0n) is 23.1. The van der Waals surface area contributed by atoms with E-state index in [4.69, 9.17) is 9.90 Å². The summed E-state index contributed by atoms with van der Waals surface area (Å²) in [4.78, 5) is 19.5. The van der Waals surface area contributed by atoms with Gasteiger partial charge < -0.3 is 10.1 Å². The van der Waals surface area contributed by atoms with Gasteiger partial charge in [0.2, 0.25) is 0 Å². The Morgan fingerprint density at radius 2 is 1.35 bits per heavy atom. The predicted octanol–water partition coefficient (Wildman–Crippen LogP) is 9.37. The molecule has 0 spiro atoms. The summed E-state index contributed by atoms with van der Waals surface area (Å²) in [6.45, 7) is 13.1. The molecule has 1 saturated carbocycles. The van der Waals surface area contributed by atoms with Crippen LogP contribution in [0.4, 0.5) is 13.2 Å². The molecule has 1 aliphatic rings. The number of hydrogen-bond acceptors (Lipinski definition) is 3. The van der Waals surface area contributed by atoms with Crippen molar-refractivity contribution in [1.29, 1.82) is 0 Å². The van der Waals surface area contributed by atoms with Crippen LogP contribution in [0.3, 0.4) is 0 Å². The van der Waals surface area contributed by atoms with Crippen molar-refractivity contribution in [3.8, 4) is 22.6 Å². The van der Waals surface area contributed by atoms with Gasteiger partial charge in [-0.25, -0.2) is 4.98 Å². The van der Waals surface area contributed by atoms with Crippen molar-refractivity contribution in [2.24, 2.45) is 0 Å². The van der Waals surface area contributed by atoms with Gasteiger partial charge in [0.25, 0.3) is 5.97 Å². The molecule has 1 fully saturated rings. The molecular weight excluding hydrogens is 479 g/mol. The fourth-order valence-electron chi connectivity index (χ4n) is 3.68. The minimum absolute atomic E-state index is 0.161. The van der Waals surface area contributed by atoms with Gasteiger partial charge in [0.1, 0.15) is 11.5 Å². The largest absolute Gasteiger partial charge is 0.481 e. The quantitative estimate of drug-likeness (QED) is 0.360. The van der Waals surface area contributed by atoms with Crippen molar-refractivity contribution in [3.63, 3.8) is 0 Å². The molecule has 2 N–H and O–H groups in total. The van der Waals surface area contributed by atoms with Crippen LogP contribution in [-0.4, -0.2) is 26.0 Å².